The van der Waals surface area contributed by atoms with E-state index in [1.165, 1.54) is 18.6 Å². The summed E-state index contributed by atoms with van der Waals surface area (Å²) in [5.74, 6) is -0.320. The molecule has 15 heavy (non-hydrogen) atoms. The third kappa shape index (κ3) is 2.13. The number of carboxylic acids is 1. The first-order valence-electron chi connectivity index (χ1n) is 4.15. The van der Waals surface area contributed by atoms with Crippen molar-refractivity contribution in [3.8, 4) is 11.5 Å². The first kappa shape index (κ1) is 9.25. The van der Waals surface area contributed by atoms with E-state index < -0.39 is 5.97 Å². The molecule has 7 nitrogen and oxygen atoms in total. The second-order valence-corrected chi connectivity index (χ2v) is 2.77. The Morgan fingerprint density at radius 2 is 2.33 bits per heavy atom. The Balaban J connectivity index is 2.24. The van der Waals surface area contributed by atoms with Gasteiger partial charge in [-0.1, -0.05) is 0 Å². The molecule has 0 saturated heterocycles. The maximum absolute atomic E-state index is 10.4. The molecule has 2 N–H and O–H groups in total. The molecule has 0 spiro atoms. The van der Waals surface area contributed by atoms with E-state index in [1.54, 1.807) is 0 Å². The summed E-state index contributed by atoms with van der Waals surface area (Å²) in [6.45, 7) is 0. The van der Waals surface area contributed by atoms with Crippen LogP contribution in [0.5, 0.6) is 0 Å². The summed E-state index contributed by atoms with van der Waals surface area (Å²) in [4.78, 5) is 22.2. The summed E-state index contributed by atoms with van der Waals surface area (Å²) >= 11 is 0. The predicted octanol–water partition coefficient (Wildman–Crippen LogP) is -0.111. The lowest BCUT2D eigenvalue weighted by atomic mass is 10.4. The van der Waals surface area contributed by atoms with E-state index in [9.17, 15) is 4.79 Å². The van der Waals surface area contributed by atoms with Gasteiger partial charge in [0.1, 0.15) is 17.9 Å². The molecule has 0 atom stereocenters. The van der Waals surface area contributed by atoms with Crippen molar-refractivity contribution in [2.24, 2.45) is 0 Å². The lowest BCUT2D eigenvalue weighted by molar-refractivity contribution is -0.136. The zero-order valence-corrected chi connectivity index (χ0v) is 7.58. The van der Waals surface area contributed by atoms with Crippen molar-refractivity contribution in [1.82, 2.24) is 25.1 Å². The Kier molecular flexibility index (Phi) is 2.36. The Morgan fingerprint density at radius 1 is 1.47 bits per heavy atom. The van der Waals surface area contributed by atoms with E-state index in [1.807, 2.05) is 0 Å². The molecule has 0 saturated carbocycles. The zero-order valence-electron chi connectivity index (χ0n) is 7.58. The Bertz CT molecular complexity index is 467. The molecule has 7 heteroatoms. The highest BCUT2D eigenvalue weighted by Gasteiger charge is 2.09. The highest BCUT2D eigenvalue weighted by Crippen LogP contribution is 2.08. The predicted molar refractivity (Wildman–Crippen MR) is 48.7 cm³/mol. The molecular formula is C8H7N5O2. The lowest BCUT2D eigenvalue weighted by Crippen LogP contribution is -2.01. The number of hydrogen-bond donors (Lipinski definition) is 2. The average Bonchev–Trinajstić information content (AvgIpc) is 2.67. The number of aromatic amines is 1. The van der Waals surface area contributed by atoms with Crippen molar-refractivity contribution < 1.29 is 9.90 Å². The minimum absolute atomic E-state index is 0.187. The molecule has 2 aromatic rings. The van der Waals surface area contributed by atoms with Crippen LogP contribution < -0.4 is 0 Å². The summed E-state index contributed by atoms with van der Waals surface area (Å²) in [6, 6.07) is 0. The molecule has 0 aliphatic carbocycles. The van der Waals surface area contributed by atoms with Crippen molar-refractivity contribution in [1.29, 1.82) is 0 Å². The van der Waals surface area contributed by atoms with Crippen LogP contribution in [0.4, 0.5) is 0 Å². The van der Waals surface area contributed by atoms with Crippen molar-refractivity contribution in [2.75, 3.05) is 0 Å². The number of carbonyl (C=O) groups is 1. The van der Waals surface area contributed by atoms with Crippen LogP contribution in [0.15, 0.2) is 18.6 Å². The van der Waals surface area contributed by atoms with E-state index in [2.05, 4.69) is 25.1 Å². The third-order valence-corrected chi connectivity index (χ3v) is 1.64. The van der Waals surface area contributed by atoms with Crippen molar-refractivity contribution in [3.05, 3.63) is 24.4 Å². The molecule has 0 aromatic carbocycles. The molecule has 0 bridgehead atoms. The van der Waals surface area contributed by atoms with Crippen LogP contribution in [0.3, 0.4) is 0 Å². The number of aromatic nitrogens is 5. The fraction of sp³-hybridized carbons (Fsp3) is 0.125. The second kappa shape index (κ2) is 3.82. The number of rotatable bonds is 3. The van der Waals surface area contributed by atoms with Crippen LogP contribution in [0.1, 0.15) is 5.82 Å². The van der Waals surface area contributed by atoms with Gasteiger partial charge in [-0.05, 0) is 0 Å². The number of carboxylic acid groups (broad SMARTS) is 1. The molecule has 76 valence electrons. The summed E-state index contributed by atoms with van der Waals surface area (Å²) in [5.41, 5.74) is 0.505. The number of nitrogens with zero attached hydrogens (tertiary/aromatic N) is 4. The molecule has 0 aliphatic heterocycles. The van der Waals surface area contributed by atoms with E-state index in [-0.39, 0.29) is 6.42 Å². The van der Waals surface area contributed by atoms with Gasteiger partial charge in [0.05, 0.1) is 6.20 Å². The maximum Gasteiger partial charge on any atom is 0.311 e. The molecule has 0 aliphatic rings. The van der Waals surface area contributed by atoms with Gasteiger partial charge in [0, 0.05) is 12.4 Å². The SMILES string of the molecule is O=C(O)Cc1nc(-c2cnccn2)n[nH]1. The largest absolute Gasteiger partial charge is 0.481 e. The fourth-order valence-electron chi connectivity index (χ4n) is 1.05. The minimum atomic E-state index is -0.961. The number of hydrogen-bond acceptors (Lipinski definition) is 5. The van der Waals surface area contributed by atoms with E-state index in [4.69, 9.17) is 5.11 Å². The summed E-state index contributed by atoms with van der Waals surface area (Å²) in [5, 5.41) is 14.9. The van der Waals surface area contributed by atoms with Gasteiger partial charge in [0.25, 0.3) is 0 Å². The van der Waals surface area contributed by atoms with Crippen LogP contribution in [-0.2, 0) is 11.2 Å². The van der Waals surface area contributed by atoms with Crippen LogP contribution in [0.25, 0.3) is 11.5 Å². The van der Waals surface area contributed by atoms with E-state index >= 15 is 0 Å². The van der Waals surface area contributed by atoms with Gasteiger partial charge in [-0.3, -0.25) is 14.9 Å². The molecule has 2 rings (SSSR count). The van der Waals surface area contributed by atoms with Crippen molar-refractivity contribution >= 4 is 5.97 Å². The number of aliphatic carboxylic acids is 1. The first-order valence-corrected chi connectivity index (χ1v) is 4.15. The Labute approximate surface area is 84.2 Å². The zero-order chi connectivity index (χ0) is 10.7. The molecule has 0 unspecified atom stereocenters. The Hall–Kier alpha value is -2.31. The highest BCUT2D eigenvalue weighted by atomic mass is 16.4. The molecule has 2 heterocycles. The van der Waals surface area contributed by atoms with Crippen molar-refractivity contribution in [3.63, 3.8) is 0 Å². The van der Waals surface area contributed by atoms with Gasteiger partial charge in [0.15, 0.2) is 0 Å². The van der Waals surface area contributed by atoms with Gasteiger partial charge in [-0.25, -0.2) is 9.97 Å². The summed E-state index contributed by atoms with van der Waals surface area (Å²) < 4.78 is 0. The fourth-order valence-corrected chi connectivity index (χ4v) is 1.05. The van der Waals surface area contributed by atoms with E-state index in [0.29, 0.717) is 17.3 Å². The number of H-pyrrole nitrogens is 1. The monoisotopic (exact) mass is 205 g/mol. The lowest BCUT2D eigenvalue weighted by Gasteiger charge is -1.90. The first-order chi connectivity index (χ1) is 7.25. The van der Waals surface area contributed by atoms with Gasteiger partial charge in [-0.2, -0.15) is 5.10 Å². The molecule has 0 radical (unpaired) electrons. The standard InChI is InChI=1S/C8H7N5O2/c14-7(15)3-6-11-8(13-12-6)5-4-9-1-2-10-5/h1-2,4H,3H2,(H,14,15)(H,11,12,13). The molecule has 0 amide bonds. The smallest absolute Gasteiger partial charge is 0.311 e. The second-order valence-electron chi connectivity index (χ2n) is 2.77. The van der Waals surface area contributed by atoms with Gasteiger partial charge >= 0.3 is 5.97 Å². The molecule has 2 aromatic heterocycles. The van der Waals surface area contributed by atoms with E-state index in [0.717, 1.165) is 0 Å². The average molecular weight is 205 g/mol. The summed E-state index contributed by atoms with van der Waals surface area (Å²) in [7, 11) is 0. The molecule has 0 fully saturated rings. The van der Waals surface area contributed by atoms with Crippen LogP contribution in [0.2, 0.25) is 0 Å². The highest BCUT2D eigenvalue weighted by molar-refractivity contribution is 5.69. The minimum Gasteiger partial charge on any atom is -0.481 e. The third-order valence-electron chi connectivity index (χ3n) is 1.64. The number of nitrogens with one attached hydrogen (secondary N) is 1. The Morgan fingerprint density at radius 3 is 3.00 bits per heavy atom. The topological polar surface area (TPSA) is 105 Å². The molecular weight excluding hydrogens is 198 g/mol. The quantitative estimate of drug-likeness (QED) is 0.724. The van der Waals surface area contributed by atoms with Crippen LogP contribution in [0, 0.1) is 0 Å². The van der Waals surface area contributed by atoms with Crippen LogP contribution >= 0.6 is 0 Å². The van der Waals surface area contributed by atoms with Gasteiger partial charge in [0.2, 0.25) is 5.82 Å². The normalized spacial score (nSPS) is 10.1. The van der Waals surface area contributed by atoms with Gasteiger partial charge < -0.3 is 5.11 Å². The van der Waals surface area contributed by atoms with Gasteiger partial charge in [-0.15, -0.1) is 0 Å². The summed E-state index contributed by atoms with van der Waals surface area (Å²) in [6.07, 6.45) is 4.37. The van der Waals surface area contributed by atoms with Crippen LogP contribution in [-0.4, -0.2) is 36.2 Å². The van der Waals surface area contributed by atoms with Crippen molar-refractivity contribution in [2.45, 2.75) is 6.42 Å². The maximum atomic E-state index is 10.4.